The highest BCUT2D eigenvalue weighted by molar-refractivity contribution is 5.87. The van der Waals surface area contributed by atoms with Crippen LogP contribution in [0.2, 0.25) is 0 Å². The summed E-state index contributed by atoms with van der Waals surface area (Å²) in [5.41, 5.74) is 1.80. The molecular weight excluding hydrogens is 226 g/mol. The molecule has 2 aromatic heterocycles. The first-order valence-corrected chi connectivity index (χ1v) is 5.88. The maximum atomic E-state index is 10.8. The molecule has 90 valence electrons. The predicted molar refractivity (Wildman–Crippen MR) is 69.6 cm³/mol. The van der Waals surface area contributed by atoms with Gasteiger partial charge in [0, 0.05) is 36.2 Å². The van der Waals surface area contributed by atoms with Crippen LogP contribution >= 0.6 is 0 Å². The first kappa shape index (κ1) is 10.8. The number of carbonyl (C=O) groups excluding carboxylic acids is 1. The molecule has 4 heteroatoms. The summed E-state index contributed by atoms with van der Waals surface area (Å²) < 4.78 is 4.04. The molecule has 0 atom stereocenters. The van der Waals surface area contributed by atoms with Crippen LogP contribution in [0.3, 0.4) is 0 Å². The normalized spacial score (nSPS) is 10.9. The van der Waals surface area contributed by atoms with Gasteiger partial charge in [0.25, 0.3) is 0 Å². The Labute approximate surface area is 104 Å². The molecule has 0 unspecified atom stereocenters. The summed E-state index contributed by atoms with van der Waals surface area (Å²) in [6.07, 6.45) is 6.65. The van der Waals surface area contributed by atoms with E-state index in [1.54, 1.807) is 6.20 Å². The summed E-state index contributed by atoms with van der Waals surface area (Å²) in [6, 6.07) is 9.72. The Hall–Kier alpha value is -2.36. The molecule has 0 amide bonds. The fraction of sp³-hybridized carbons (Fsp3) is 0.143. The number of aryl methyl sites for hydroxylation is 2. The Morgan fingerprint density at radius 1 is 1.17 bits per heavy atom. The second-order valence-corrected chi connectivity index (χ2v) is 4.21. The number of fused-ring (bicyclic) bond motifs is 1. The number of hydrogen-bond donors (Lipinski definition) is 0. The van der Waals surface area contributed by atoms with Crippen molar-refractivity contribution < 1.29 is 4.79 Å². The number of benzene rings is 1. The van der Waals surface area contributed by atoms with Gasteiger partial charge < -0.3 is 4.57 Å². The first-order chi connectivity index (χ1) is 8.86. The molecule has 0 saturated heterocycles. The van der Waals surface area contributed by atoms with Crippen molar-refractivity contribution in [2.45, 2.75) is 13.1 Å². The quantitative estimate of drug-likeness (QED) is 0.656. The number of carbonyl (C=O) groups is 1. The van der Waals surface area contributed by atoms with Gasteiger partial charge in [-0.3, -0.25) is 9.48 Å². The molecule has 4 nitrogen and oxygen atoms in total. The van der Waals surface area contributed by atoms with Crippen LogP contribution in [0.15, 0.2) is 48.9 Å². The van der Waals surface area contributed by atoms with E-state index in [2.05, 4.69) is 15.7 Å². The Morgan fingerprint density at radius 2 is 2.11 bits per heavy atom. The van der Waals surface area contributed by atoms with Gasteiger partial charge >= 0.3 is 0 Å². The minimum atomic E-state index is 0.710. The molecule has 0 aliphatic heterocycles. The predicted octanol–water partition coefficient (Wildman–Crippen LogP) is 2.35. The van der Waals surface area contributed by atoms with Crippen molar-refractivity contribution in [3.8, 4) is 0 Å². The Morgan fingerprint density at radius 3 is 2.89 bits per heavy atom. The van der Waals surface area contributed by atoms with E-state index in [0.717, 1.165) is 30.3 Å². The molecule has 0 radical (unpaired) electrons. The molecule has 0 fully saturated rings. The van der Waals surface area contributed by atoms with Gasteiger partial charge in [-0.05, 0) is 23.6 Å². The van der Waals surface area contributed by atoms with E-state index in [4.69, 9.17) is 0 Å². The van der Waals surface area contributed by atoms with Crippen LogP contribution in [0, 0.1) is 0 Å². The second kappa shape index (κ2) is 4.49. The molecule has 18 heavy (non-hydrogen) atoms. The lowest BCUT2D eigenvalue weighted by molar-refractivity contribution is 0.112. The monoisotopic (exact) mass is 239 g/mol. The fourth-order valence-corrected chi connectivity index (χ4v) is 2.11. The van der Waals surface area contributed by atoms with Crippen molar-refractivity contribution in [2.75, 3.05) is 0 Å². The zero-order valence-corrected chi connectivity index (χ0v) is 9.86. The van der Waals surface area contributed by atoms with E-state index in [0.29, 0.717) is 5.56 Å². The summed E-state index contributed by atoms with van der Waals surface area (Å²) in [4.78, 5) is 10.8. The summed E-state index contributed by atoms with van der Waals surface area (Å²) in [5, 5.41) is 5.33. The maximum Gasteiger partial charge on any atom is 0.150 e. The highest BCUT2D eigenvalue weighted by atomic mass is 16.1. The van der Waals surface area contributed by atoms with Gasteiger partial charge in [-0.1, -0.05) is 12.1 Å². The molecule has 2 heterocycles. The minimum absolute atomic E-state index is 0.710. The molecule has 0 spiro atoms. The van der Waals surface area contributed by atoms with Gasteiger partial charge in [-0.2, -0.15) is 5.10 Å². The van der Waals surface area contributed by atoms with Crippen LogP contribution in [-0.2, 0) is 13.1 Å². The van der Waals surface area contributed by atoms with E-state index in [1.165, 1.54) is 0 Å². The molecule has 0 saturated carbocycles. The van der Waals surface area contributed by atoms with Gasteiger partial charge in [-0.15, -0.1) is 0 Å². The maximum absolute atomic E-state index is 10.8. The van der Waals surface area contributed by atoms with Gasteiger partial charge in [0.15, 0.2) is 0 Å². The topological polar surface area (TPSA) is 39.8 Å². The van der Waals surface area contributed by atoms with Gasteiger partial charge in [0.2, 0.25) is 0 Å². The van der Waals surface area contributed by atoms with Crippen LogP contribution in [0.25, 0.3) is 10.9 Å². The minimum Gasteiger partial charge on any atom is -0.346 e. The number of aromatic nitrogens is 3. The molecule has 0 aliphatic rings. The van der Waals surface area contributed by atoms with E-state index in [1.807, 2.05) is 41.3 Å². The smallest absolute Gasteiger partial charge is 0.150 e. The molecule has 3 rings (SSSR count). The summed E-state index contributed by atoms with van der Waals surface area (Å²) in [6.45, 7) is 1.66. The van der Waals surface area contributed by atoms with Crippen LogP contribution < -0.4 is 0 Å². The van der Waals surface area contributed by atoms with Crippen LogP contribution in [-0.4, -0.2) is 20.6 Å². The molecule has 3 aromatic rings. The lowest BCUT2D eigenvalue weighted by atomic mass is 10.2. The number of aldehydes is 1. The summed E-state index contributed by atoms with van der Waals surface area (Å²) in [5.74, 6) is 0. The SMILES string of the molecule is O=Cc1ccc2ccn(CCn3cccn3)c2c1. The Kier molecular flexibility index (Phi) is 2.68. The molecule has 0 aliphatic carbocycles. The zero-order valence-electron chi connectivity index (χ0n) is 9.86. The zero-order chi connectivity index (χ0) is 12.4. The van der Waals surface area contributed by atoms with Gasteiger partial charge in [-0.25, -0.2) is 0 Å². The van der Waals surface area contributed by atoms with E-state index in [-0.39, 0.29) is 0 Å². The van der Waals surface area contributed by atoms with Crippen LogP contribution in [0.1, 0.15) is 10.4 Å². The Balaban J connectivity index is 1.89. The number of nitrogens with zero attached hydrogens (tertiary/aromatic N) is 3. The number of rotatable bonds is 4. The van der Waals surface area contributed by atoms with Crippen LogP contribution in [0.5, 0.6) is 0 Å². The van der Waals surface area contributed by atoms with Gasteiger partial charge in [0.1, 0.15) is 6.29 Å². The fourth-order valence-electron chi connectivity index (χ4n) is 2.11. The van der Waals surface area contributed by atoms with E-state index < -0.39 is 0 Å². The number of hydrogen-bond acceptors (Lipinski definition) is 2. The average Bonchev–Trinajstić information content (AvgIpc) is 3.05. The highest BCUT2D eigenvalue weighted by Crippen LogP contribution is 2.17. The van der Waals surface area contributed by atoms with Crippen molar-refractivity contribution in [1.82, 2.24) is 14.3 Å². The largest absolute Gasteiger partial charge is 0.346 e. The summed E-state index contributed by atoms with van der Waals surface area (Å²) in [7, 11) is 0. The Bertz CT molecular complexity index is 667. The third-order valence-electron chi connectivity index (χ3n) is 3.06. The molecule has 0 N–H and O–H groups in total. The second-order valence-electron chi connectivity index (χ2n) is 4.21. The standard InChI is InChI=1S/C14H13N3O/c18-11-12-2-3-13-4-7-16(14(13)10-12)8-9-17-6-1-5-15-17/h1-7,10-11H,8-9H2. The van der Waals surface area contributed by atoms with Crippen molar-refractivity contribution >= 4 is 17.2 Å². The van der Waals surface area contributed by atoms with Crippen molar-refractivity contribution in [3.63, 3.8) is 0 Å². The van der Waals surface area contributed by atoms with Gasteiger partial charge in [0.05, 0.1) is 6.54 Å². The molecule has 1 aromatic carbocycles. The summed E-state index contributed by atoms with van der Waals surface area (Å²) >= 11 is 0. The third kappa shape index (κ3) is 1.93. The third-order valence-corrected chi connectivity index (χ3v) is 3.06. The van der Waals surface area contributed by atoms with Crippen molar-refractivity contribution in [3.05, 3.63) is 54.5 Å². The average molecular weight is 239 g/mol. The van der Waals surface area contributed by atoms with Crippen LogP contribution in [0.4, 0.5) is 0 Å². The van der Waals surface area contributed by atoms with E-state index in [9.17, 15) is 4.79 Å². The van der Waals surface area contributed by atoms with Crippen molar-refractivity contribution in [2.24, 2.45) is 0 Å². The van der Waals surface area contributed by atoms with E-state index >= 15 is 0 Å². The lowest BCUT2D eigenvalue weighted by Crippen LogP contribution is -2.06. The lowest BCUT2D eigenvalue weighted by Gasteiger charge is -2.06. The van der Waals surface area contributed by atoms with Crippen molar-refractivity contribution in [1.29, 1.82) is 0 Å². The first-order valence-electron chi connectivity index (χ1n) is 5.88. The molecular formula is C14H13N3O. The molecule has 0 bridgehead atoms. The highest BCUT2D eigenvalue weighted by Gasteiger charge is 2.02.